The van der Waals surface area contributed by atoms with Gasteiger partial charge in [-0.15, -0.1) is 11.8 Å². The summed E-state index contributed by atoms with van der Waals surface area (Å²) in [7, 11) is 0. The van der Waals surface area contributed by atoms with Crippen LogP contribution >= 0.6 is 23.4 Å². The first kappa shape index (κ1) is 19.8. The molecule has 0 unspecified atom stereocenters. The van der Waals surface area contributed by atoms with Gasteiger partial charge in [-0.3, -0.25) is 4.79 Å². The maximum absolute atomic E-state index is 12.4. The number of nitrogens with one attached hydrogen (secondary N) is 1. The van der Waals surface area contributed by atoms with Crippen LogP contribution in [0.4, 0.5) is 5.69 Å². The van der Waals surface area contributed by atoms with Gasteiger partial charge in [0.05, 0.1) is 5.75 Å². The summed E-state index contributed by atoms with van der Waals surface area (Å²) in [6.07, 6.45) is 4.91. The molecule has 0 saturated carbocycles. The van der Waals surface area contributed by atoms with Crippen molar-refractivity contribution >= 4 is 35.0 Å². The first-order valence-corrected chi connectivity index (χ1v) is 10.9. The molecule has 0 aliphatic heterocycles. The number of nitrogens with zero attached hydrogens (tertiary/aromatic N) is 1. The fourth-order valence-electron chi connectivity index (χ4n) is 3.49. The molecule has 0 radical (unpaired) electrons. The van der Waals surface area contributed by atoms with Crippen molar-refractivity contribution in [2.45, 2.75) is 31.1 Å². The largest absolute Gasteiger partial charge is 0.437 e. The molecule has 0 saturated heterocycles. The van der Waals surface area contributed by atoms with Crippen LogP contribution in [0.15, 0.2) is 59.6 Å². The number of rotatable bonds is 6. The number of ether oxygens (including phenoxy) is 1. The minimum absolute atomic E-state index is 0.114. The number of hydrogen-bond donors (Lipinski definition) is 1. The van der Waals surface area contributed by atoms with Gasteiger partial charge in [0.1, 0.15) is 11.4 Å². The van der Waals surface area contributed by atoms with Crippen molar-refractivity contribution in [2.24, 2.45) is 0 Å². The number of aryl methyl sites for hydroxylation is 1. The van der Waals surface area contributed by atoms with Crippen molar-refractivity contribution in [1.29, 1.82) is 0 Å². The van der Waals surface area contributed by atoms with Crippen LogP contribution in [0.5, 0.6) is 11.6 Å². The second-order valence-electron chi connectivity index (χ2n) is 6.94. The molecule has 4 nitrogen and oxygen atoms in total. The number of pyridine rings is 1. The third kappa shape index (κ3) is 4.74. The summed E-state index contributed by atoms with van der Waals surface area (Å²) in [4.78, 5) is 17.8. The average Bonchev–Trinajstić information content (AvgIpc) is 3.22. The van der Waals surface area contributed by atoms with Crippen LogP contribution < -0.4 is 10.1 Å². The van der Waals surface area contributed by atoms with Gasteiger partial charge in [0.15, 0.2) is 0 Å². The minimum atomic E-state index is -0.114. The summed E-state index contributed by atoms with van der Waals surface area (Å²) >= 11 is 7.35. The van der Waals surface area contributed by atoms with E-state index in [0.29, 0.717) is 16.6 Å². The molecule has 6 heteroatoms. The lowest BCUT2D eigenvalue weighted by Gasteiger charge is -2.14. The first-order chi connectivity index (χ1) is 14.1. The normalized spacial score (nSPS) is 12.5. The number of halogens is 1. The summed E-state index contributed by atoms with van der Waals surface area (Å²) < 4.78 is 6.14. The van der Waals surface area contributed by atoms with Crippen LogP contribution in [-0.2, 0) is 17.6 Å². The molecule has 0 atom stereocenters. The fourth-order valence-corrected chi connectivity index (χ4v) is 4.31. The van der Waals surface area contributed by atoms with Gasteiger partial charge in [-0.25, -0.2) is 4.98 Å². The second kappa shape index (κ2) is 8.89. The molecular formula is C23H21ClN2O2S. The molecule has 0 bridgehead atoms. The zero-order valence-electron chi connectivity index (χ0n) is 16.1. The zero-order chi connectivity index (χ0) is 20.2. The summed E-state index contributed by atoms with van der Waals surface area (Å²) in [5.74, 6) is 1.41. The number of thioether (sulfide) groups is 1. The number of aromatic nitrogens is 1. The molecule has 148 valence electrons. The first-order valence-electron chi connectivity index (χ1n) is 9.52. The van der Waals surface area contributed by atoms with Gasteiger partial charge < -0.3 is 10.1 Å². The van der Waals surface area contributed by atoms with Crippen LogP contribution in [0.1, 0.15) is 23.1 Å². The van der Waals surface area contributed by atoms with E-state index in [0.717, 1.165) is 29.9 Å². The molecule has 2 aromatic carbocycles. The Morgan fingerprint density at radius 3 is 2.76 bits per heavy atom. The van der Waals surface area contributed by atoms with Crippen LogP contribution in [0.3, 0.4) is 0 Å². The molecule has 1 aliphatic rings. The van der Waals surface area contributed by atoms with Crippen molar-refractivity contribution in [3.8, 4) is 11.6 Å². The predicted octanol–water partition coefficient (Wildman–Crippen LogP) is 6.06. The number of carbonyl (C=O) groups is 1. The third-order valence-corrected chi connectivity index (χ3v) is 6.18. The van der Waals surface area contributed by atoms with Crippen LogP contribution in [-0.4, -0.2) is 16.6 Å². The Hall–Kier alpha value is -2.50. The monoisotopic (exact) mass is 424 g/mol. The molecule has 1 aliphatic carbocycles. The van der Waals surface area contributed by atoms with E-state index in [2.05, 4.69) is 23.3 Å². The molecule has 29 heavy (non-hydrogen) atoms. The molecule has 1 amide bonds. The minimum Gasteiger partial charge on any atom is -0.437 e. The van der Waals surface area contributed by atoms with Gasteiger partial charge in [-0.05, 0) is 85.3 Å². The van der Waals surface area contributed by atoms with Crippen LogP contribution in [0.2, 0.25) is 5.02 Å². The maximum Gasteiger partial charge on any atom is 0.243 e. The smallest absolute Gasteiger partial charge is 0.243 e. The zero-order valence-corrected chi connectivity index (χ0v) is 17.6. The Labute approximate surface area is 179 Å². The lowest BCUT2D eigenvalue weighted by molar-refractivity contribution is -0.113. The van der Waals surface area contributed by atoms with Crippen LogP contribution in [0, 0.1) is 6.92 Å². The quantitative estimate of drug-likeness (QED) is 0.489. The Kier molecular flexibility index (Phi) is 6.07. The Bertz CT molecular complexity index is 1040. The molecule has 1 N–H and O–H groups in total. The SMILES string of the molecule is Cc1ccc(Oc2ncccc2NC(=O)CSc2ccc(Cl)cc2)c2c1CCC2. The Balaban J connectivity index is 1.45. The summed E-state index contributed by atoms with van der Waals surface area (Å²) in [6, 6.07) is 15.1. The molecule has 1 aromatic heterocycles. The highest BCUT2D eigenvalue weighted by atomic mass is 35.5. The number of benzene rings is 2. The molecule has 4 rings (SSSR count). The standard InChI is InChI=1S/C23H21ClN2O2S/c1-15-7-12-21(19-5-2-4-18(15)19)28-23-20(6-3-13-25-23)26-22(27)14-29-17-10-8-16(24)9-11-17/h3,6-13H,2,4-5,14H2,1H3,(H,26,27). The maximum atomic E-state index is 12.4. The van der Waals surface area contributed by atoms with E-state index in [-0.39, 0.29) is 11.7 Å². The highest BCUT2D eigenvalue weighted by Crippen LogP contribution is 2.36. The molecular weight excluding hydrogens is 404 g/mol. The van der Waals surface area contributed by atoms with Gasteiger partial charge in [-0.1, -0.05) is 17.7 Å². The number of fused-ring (bicyclic) bond motifs is 1. The Morgan fingerprint density at radius 1 is 1.14 bits per heavy atom. The number of anilines is 1. The lowest BCUT2D eigenvalue weighted by atomic mass is 10.0. The van der Waals surface area contributed by atoms with Gasteiger partial charge >= 0.3 is 0 Å². The Morgan fingerprint density at radius 2 is 1.93 bits per heavy atom. The van der Waals surface area contributed by atoms with E-state index in [1.54, 1.807) is 12.3 Å². The van der Waals surface area contributed by atoms with E-state index < -0.39 is 0 Å². The molecule has 1 heterocycles. The van der Waals surface area contributed by atoms with Crippen molar-refractivity contribution in [2.75, 3.05) is 11.1 Å². The summed E-state index contributed by atoms with van der Waals surface area (Å²) in [6.45, 7) is 2.14. The highest BCUT2D eigenvalue weighted by molar-refractivity contribution is 8.00. The van der Waals surface area contributed by atoms with E-state index in [4.69, 9.17) is 16.3 Å². The van der Waals surface area contributed by atoms with E-state index in [1.807, 2.05) is 36.4 Å². The number of hydrogen-bond acceptors (Lipinski definition) is 4. The molecule has 0 fully saturated rings. The number of amides is 1. The fraction of sp³-hybridized carbons (Fsp3) is 0.217. The van der Waals surface area contributed by atoms with Crippen molar-refractivity contribution in [3.05, 3.63) is 76.4 Å². The highest BCUT2D eigenvalue weighted by Gasteiger charge is 2.19. The predicted molar refractivity (Wildman–Crippen MR) is 118 cm³/mol. The molecule has 0 spiro atoms. The van der Waals surface area contributed by atoms with Crippen molar-refractivity contribution in [1.82, 2.24) is 4.98 Å². The number of carbonyl (C=O) groups excluding carboxylic acids is 1. The summed E-state index contributed by atoms with van der Waals surface area (Å²) in [5, 5.41) is 3.60. The molecule has 3 aromatic rings. The third-order valence-electron chi connectivity index (χ3n) is 4.91. The van der Waals surface area contributed by atoms with Crippen LogP contribution in [0.25, 0.3) is 0 Å². The second-order valence-corrected chi connectivity index (χ2v) is 8.43. The van der Waals surface area contributed by atoms with E-state index in [1.165, 1.54) is 28.5 Å². The lowest BCUT2D eigenvalue weighted by Crippen LogP contribution is -2.15. The van der Waals surface area contributed by atoms with Gasteiger partial charge in [0, 0.05) is 16.1 Å². The topological polar surface area (TPSA) is 51.2 Å². The van der Waals surface area contributed by atoms with Gasteiger partial charge in [-0.2, -0.15) is 0 Å². The van der Waals surface area contributed by atoms with Crippen molar-refractivity contribution in [3.63, 3.8) is 0 Å². The van der Waals surface area contributed by atoms with E-state index in [9.17, 15) is 4.79 Å². The summed E-state index contributed by atoms with van der Waals surface area (Å²) in [5.41, 5.74) is 4.51. The van der Waals surface area contributed by atoms with E-state index >= 15 is 0 Å². The van der Waals surface area contributed by atoms with Gasteiger partial charge in [0.2, 0.25) is 11.8 Å². The average molecular weight is 425 g/mol. The van der Waals surface area contributed by atoms with Gasteiger partial charge in [0.25, 0.3) is 0 Å². The van der Waals surface area contributed by atoms with Crippen molar-refractivity contribution < 1.29 is 9.53 Å².